The first kappa shape index (κ1) is 14.5. The molecule has 106 valence electrons. The molecule has 8 heteroatoms. The normalized spacial score (nSPS) is 12.2. The Hall–Kier alpha value is -1.90. The summed E-state index contributed by atoms with van der Waals surface area (Å²) in [5.41, 5.74) is 5.72. The maximum atomic E-state index is 12.0. The molecule has 0 aliphatic heterocycles. The summed E-state index contributed by atoms with van der Waals surface area (Å²) in [6, 6.07) is 12.6. The van der Waals surface area contributed by atoms with E-state index < -0.39 is 20.0 Å². The van der Waals surface area contributed by atoms with E-state index in [9.17, 15) is 16.8 Å². The van der Waals surface area contributed by atoms with Gasteiger partial charge in [0, 0.05) is 5.69 Å². The van der Waals surface area contributed by atoms with Crippen molar-refractivity contribution < 1.29 is 16.8 Å². The predicted molar refractivity (Wildman–Crippen MR) is 74.8 cm³/mol. The summed E-state index contributed by atoms with van der Waals surface area (Å²) in [5.74, 6) is 0. The van der Waals surface area contributed by atoms with E-state index >= 15 is 0 Å². The van der Waals surface area contributed by atoms with Crippen LogP contribution in [-0.4, -0.2) is 16.8 Å². The van der Waals surface area contributed by atoms with E-state index in [1.165, 1.54) is 48.5 Å². The van der Waals surface area contributed by atoms with Gasteiger partial charge in [0.25, 0.3) is 20.0 Å². The van der Waals surface area contributed by atoms with Crippen molar-refractivity contribution in [3.8, 4) is 0 Å². The SMILES string of the molecule is Nc1cccc(S(=O)(=O)NS(=O)(=O)c2ccccc2)c1. The first-order valence-corrected chi connectivity index (χ1v) is 8.47. The molecule has 0 atom stereocenters. The fourth-order valence-electron chi connectivity index (χ4n) is 1.52. The Bertz CT molecular complexity index is 816. The Kier molecular flexibility index (Phi) is 3.80. The molecule has 20 heavy (non-hydrogen) atoms. The molecule has 2 aromatic rings. The van der Waals surface area contributed by atoms with Gasteiger partial charge in [-0.25, -0.2) is 16.8 Å². The van der Waals surface area contributed by atoms with E-state index in [1.54, 1.807) is 10.2 Å². The Morgan fingerprint density at radius 1 is 0.750 bits per heavy atom. The van der Waals surface area contributed by atoms with Crippen LogP contribution in [0.3, 0.4) is 0 Å². The number of rotatable bonds is 4. The van der Waals surface area contributed by atoms with Crippen molar-refractivity contribution in [1.29, 1.82) is 0 Å². The van der Waals surface area contributed by atoms with Gasteiger partial charge in [0.05, 0.1) is 9.79 Å². The van der Waals surface area contributed by atoms with Crippen LogP contribution in [0.1, 0.15) is 0 Å². The largest absolute Gasteiger partial charge is 0.399 e. The zero-order chi connectivity index (χ0) is 14.8. The molecule has 0 spiro atoms. The molecule has 0 saturated heterocycles. The molecule has 0 radical (unpaired) electrons. The Morgan fingerprint density at radius 2 is 1.30 bits per heavy atom. The molecule has 2 aromatic carbocycles. The average molecular weight is 312 g/mol. The minimum absolute atomic E-state index is 0.132. The molecule has 6 nitrogen and oxygen atoms in total. The van der Waals surface area contributed by atoms with Gasteiger partial charge in [0.15, 0.2) is 0 Å². The topological polar surface area (TPSA) is 106 Å². The van der Waals surface area contributed by atoms with Crippen LogP contribution < -0.4 is 9.86 Å². The summed E-state index contributed by atoms with van der Waals surface area (Å²) in [6.45, 7) is 0. The predicted octanol–water partition coefficient (Wildman–Crippen LogP) is 0.936. The zero-order valence-electron chi connectivity index (χ0n) is 10.2. The number of hydrogen-bond acceptors (Lipinski definition) is 5. The van der Waals surface area contributed by atoms with Gasteiger partial charge in [-0.15, -0.1) is 4.13 Å². The van der Waals surface area contributed by atoms with Crippen molar-refractivity contribution in [3.63, 3.8) is 0 Å². The highest BCUT2D eigenvalue weighted by Gasteiger charge is 2.24. The summed E-state index contributed by atoms with van der Waals surface area (Å²) >= 11 is 0. The van der Waals surface area contributed by atoms with Crippen LogP contribution in [0.4, 0.5) is 5.69 Å². The Morgan fingerprint density at radius 3 is 1.90 bits per heavy atom. The van der Waals surface area contributed by atoms with Crippen molar-refractivity contribution in [1.82, 2.24) is 4.13 Å². The number of nitrogens with one attached hydrogen (secondary N) is 1. The standard InChI is InChI=1S/C12H12N2O4S2/c13-10-5-4-8-12(9-10)20(17,18)14-19(15,16)11-6-2-1-3-7-11/h1-9,14H,13H2. The van der Waals surface area contributed by atoms with Gasteiger partial charge in [0.2, 0.25) is 0 Å². The highest BCUT2D eigenvalue weighted by Crippen LogP contribution is 2.15. The molecule has 0 aromatic heterocycles. The van der Waals surface area contributed by atoms with E-state index in [0.29, 0.717) is 0 Å². The smallest absolute Gasteiger partial charge is 0.253 e. The maximum Gasteiger partial charge on any atom is 0.253 e. The lowest BCUT2D eigenvalue weighted by molar-refractivity contribution is 0.577. The van der Waals surface area contributed by atoms with Crippen molar-refractivity contribution in [2.75, 3.05) is 5.73 Å². The molecule has 0 heterocycles. The Labute approximate surface area is 117 Å². The van der Waals surface area contributed by atoms with Gasteiger partial charge in [-0.1, -0.05) is 24.3 Å². The summed E-state index contributed by atoms with van der Waals surface area (Å²) in [6.07, 6.45) is 0. The lowest BCUT2D eigenvalue weighted by Crippen LogP contribution is -2.30. The second-order valence-corrected chi connectivity index (χ2v) is 7.60. The van der Waals surface area contributed by atoms with Crippen molar-refractivity contribution in [2.24, 2.45) is 0 Å². The molecule has 0 bridgehead atoms. The molecular formula is C12H12N2O4S2. The van der Waals surface area contributed by atoms with Crippen LogP contribution in [-0.2, 0) is 20.0 Å². The van der Waals surface area contributed by atoms with Gasteiger partial charge in [-0.05, 0) is 30.3 Å². The molecule has 0 saturated carbocycles. The third-order valence-electron chi connectivity index (χ3n) is 2.44. The number of nitrogen functional groups attached to an aromatic ring is 1. The quantitative estimate of drug-likeness (QED) is 0.817. The monoisotopic (exact) mass is 312 g/mol. The number of nitrogens with two attached hydrogens (primary N) is 1. The van der Waals surface area contributed by atoms with Crippen LogP contribution in [0.5, 0.6) is 0 Å². The minimum Gasteiger partial charge on any atom is -0.399 e. The number of anilines is 1. The summed E-state index contributed by atoms with van der Waals surface area (Å²) < 4.78 is 49.7. The first-order valence-electron chi connectivity index (χ1n) is 5.50. The third-order valence-corrected chi connectivity index (χ3v) is 5.96. The molecule has 2 rings (SSSR count). The lowest BCUT2D eigenvalue weighted by atomic mass is 10.3. The average Bonchev–Trinajstić information content (AvgIpc) is 2.39. The van der Waals surface area contributed by atoms with Crippen molar-refractivity contribution in [3.05, 3.63) is 54.6 Å². The van der Waals surface area contributed by atoms with Gasteiger partial charge in [-0.2, -0.15) is 0 Å². The van der Waals surface area contributed by atoms with Crippen LogP contribution in [0.2, 0.25) is 0 Å². The maximum absolute atomic E-state index is 12.0. The lowest BCUT2D eigenvalue weighted by Gasteiger charge is -2.08. The van der Waals surface area contributed by atoms with E-state index in [4.69, 9.17) is 5.73 Å². The summed E-state index contributed by atoms with van der Waals surface area (Å²) in [4.78, 5) is -0.343. The molecule has 0 aliphatic carbocycles. The molecule has 0 amide bonds. The number of sulfonamides is 2. The fourth-order valence-corrected chi connectivity index (χ4v) is 4.51. The molecule has 0 unspecified atom stereocenters. The van der Waals surface area contributed by atoms with E-state index in [-0.39, 0.29) is 15.5 Å². The highest BCUT2D eigenvalue weighted by molar-refractivity contribution is 8.04. The van der Waals surface area contributed by atoms with Crippen LogP contribution >= 0.6 is 0 Å². The van der Waals surface area contributed by atoms with Gasteiger partial charge >= 0.3 is 0 Å². The second kappa shape index (κ2) is 5.23. The minimum atomic E-state index is -4.21. The fraction of sp³-hybridized carbons (Fsp3) is 0. The van der Waals surface area contributed by atoms with Crippen LogP contribution in [0.15, 0.2) is 64.4 Å². The molecule has 0 fully saturated rings. The molecular weight excluding hydrogens is 300 g/mol. The number of hydrogen-bond donors (Lipinski definition) is 2. The highest BCUT2D eigenvalue weighted by atomic mass is 32.3. The van der Waals surface area contributed by atoms with Crippen molar-refractivity contribution >= 4 is 25.7 Å². The van der Waals surface area contributed by atoms with Crippen molar-refractivity contribution in [2.45, 2.75) is 9.79 Å². The van der Waals surface area contributed by atoms with Gasteiger partial charge in [-0.3, -0.25) is 0 Å². The molecule has 3 N–H and O–H groups in total. The summed E-state index contributed by atoms with van der Waals surface area (Å²) in [5, 5.41) is 0. The van der Waals surface area contributed by atoms with E-state index in [2.05, 4.69) is 0 Å². The van der Waals surface area contributed by atoms with Crippen LogP contribution in [0, 0.1) is 0 Å². The summed E-state index contributed by atoms with van der Waals surface area (Å²) in [7, 11) is -8.36. The first-order chi connectivity index (χ1) is 9.31. The second-order valence-electron chi connectivity index (χ2n) is 3.98. The van der Waals surface area contributed by atoms with E-state index in [0.717, 1.165) is 0 Å². The Balaban J connectivity index is 2.39. The molecule has 0 aliphatic rings. The zero-order valence-corrected chi connectivity index (χ0v) is 11.9. The van der Waals surface area contributed by atoms with Gasteiger partial charge < -0.3 is 5.73 Å². The van der Waals surface area contributed by atoms with Gasteiger partial charge in [0.1, 0.15) is 0 Å². The van der Waals surface area contributed by atoms with Crippen LogP contribution in [0.25, 0.3) is 0 Å². The number of benzene rings is 2. The van der Waals surface area contributed by atoms with E-state index in [1.807, 2.05) is 0 Å². The third kappa shape index (κ3) is 3.16.